The number of hydrogen-bond acceptors (Lipinski definition) is 1. The molecule has 0 aromatic heterocycles. The van der Waals surface area contributed by atoms with Crippen LogP contribution in [0.3, 0.4) is 0 Å². The lowest BCUT2D eigenvalue weighted by molar-refractivity contribution is 0.284. The average Bonchev–Trinajstić information content (AvgIpc) is 2.14. The second kappa shape index (κ2) is 4.75. The van der Waals surface area contributed by atoms with Gasteiger partial charge in [-0.05, 0) is 18.4 Å². The lowest BCUT2D eigenvalue weighted by Gasteiger charge is -2.28. The minimum absolute atomic E-state index is 0.133. The molecule has 0 aliphatic carbocycles. The monoisotopic (exact) mass is 209 g/mol. The SMILES string of the molecule is CC(NCc1ccccc1F)C(C)(C)C. The molecule has 0 spiro atoms. The first-order valence-electron chi connectivity index (χ1n) is 5.38. The van der Waals surface area contributed by atoms with E-state index in [-0.39, 0.29) is 11.2 Å². The first kappa shape index (κ1) is 12.2. The third kappa shape index (κ3) is 3.63. The Morgan fingerprint density at radius 2 is 1.87 bits per heavy atom. The maximum atomic E-state index is 13.3. The number of halogens is 1. The summed E-state index contributed by atoms with van der Waals surface area (Å²) in [5.74, 6) is -0.133. The molecular weight excluding hydrogens is 189 g/mol. The lowest BCUT2D eigenvalue weighted by Crippen LogP contribution is -2.37. The summed E-state index contributed by atoms with van der Waals surface area (Å²) in [6.45, 7) is 9.23. The zero-order chi connectivity index (χ0) is 11.5. The summed E-state index contributed by atoms with van der Waals surface area (Å²) in [4.78, 5) is 0. The van der Waals surface area contributed by atoms with Crippen LogP contribution in [0.5, 0.6) is 0 Å². The summed E-state index contributed by atoms with van der Waals surface area (Å²) in [6, 6.07) is 7.25. The van der Waals surface area contributed by atoms with Crippen molar-refractivity contribution < 1.29 is 4.39 Å². The summed E-state index contributed by atoms with van der Waals surface area (Å²) in [6.07, 6.45) is 0. The fourth-order valence-electron chi connectivity index (χ4n) is 1.21. The Bertz CT molecular complexity index is 315. The van der Waals surface area contributed by atoms with Crippen LogP contribution < -0.4 is 5.32 Å². The number of rotatable bonds is 3. The number of hydrogen-bond donors (Lipinski definition) is 1. The van der Waals surface area contributed by atoms with Crippen LogP contribution >= 0.6 is 0 Å². The Hall–Kier alpha value is -0.890. The summed E-state index contributed by atoms with van der Waals surface area (Å²) < 4.78 is 13.3. The Labute approximate surface area is 91.7 Å². The lowest BCUT2D eigenvalue weighted by atomic mass is 9.88. The molecule has 1 N–H and O–H groups in total. The van der Waals surface area contributed by atoms with Crippen molar-refractivity contribution in [2.24, 2.45) is 5.41 Å². The van der Waals surface area contributed by atoms with Gasteiger partial charge in [-0.1, -0.05) is 39.0 Å². The predicted octanol–water partition coefficient (Wildman–Crippen LogP) is 3.35. The van der Waals surface area contributed by atoms with Crippen LogP contribution in [0.2, 0.25) is 0 Å². The second-order valence-corrected chi connectivity index (χ2v) is 5.06. The third-order valence-electron chi connectivity index (χ3n) is 2.86. The molecule has 84 valence electrons. The van der Waals surface area contributed by atoms with Crippen LogP contribution in [0.4, 0.5) is 4.39 Å². The maximum absolute atomic E-state index is 13.3. The van der Waals surface area contributed by atoms with Gasteiger partial charge in [-0.3, -0.25) is 0 Å². The number of benzene rings is 1. The van der Waals surface area contributed by atoms with Crippen LogP contribution in [0.1, 0.15) is 33.3 Å². The minimum Gasteiger partial charge on any atom is -0.310 e. The zero-order valence-corrected chi connectivity index (χ0v) is 9.97. The highest BCUT2D eigenvalue weighted by atomic mass is 19.1. The number of nitrogens with one attached hydrogen (secondary N) is 1. The van der Waals surface area contributed by atoms with Gasteiger partial charge in [0.1, 0.15) is 5.82 Å². The molecule has 1 aromatic carbocycles. The molecule has 1 rings (SSSR count). The van der Waals surface area contributed by atoms with E-state index in [1.807, 2.05) is 12.1 Å². The molecule has 0 saturated carbocycles. The molecule has 0 fully saturated rings. The molecule has 15 heavy (non-hydrogen) atoms. The van der Waals surface area contributed by atoms with Gasteiger partial charge in [0.15, 0.2) is 0 Å². The molecule has 0 heterocycles. The van der Waals surface area contributed by atoms with Crippen LogP contribution in [-0.4, -0.2) is 6.04 Å². The fraction of sp³-hybridized carbons (Fsp3) is 0.538. The molecule has 0 radical (unpaired) electrons. The highest BCUT2D eigenvalue weighted by Gasteiger charge is 2.19. The van der Waals surface area contributed by atoms with Gasteiger partial charge in [-0.2, -0.15) is 0 Å². The van der Waals surface area contributed by atoms with Crippen molar-refractivity contribution in [3.63, 3.8) is 0 Å². The van der Waals surface area contributed by atoms with Crippen LogP contribution in [0.25, 0.3) is 0 Å². The Morgan fingerprint density at radius 3 is 2.40 bits per heavy atom. The van der Waals surface area contributed by atoms with E-state index in [9.17, 15) is 4.39 Å². The van der Waals surface area contributed by atoms with Crippen molar-refractivity contribution in [1.82, 2.24) is 5.32 Å². The van der Waals surface area contributed by atoms with Crippen molar-refractivity contribution in [3.8, 4) is 0 Å². The van der Waals surface area contributed by atoms with Gasteiger partial charge < -0.3 is 5.32 Å². The molecule has 1 atom stereocenters. The molecule has 1 unspecified atom stereocenters. The van der Waals surface area contributed by atoms with E-state index in [2.05, 4.69) is 33.0 Å². The normalized spacial score (nSPS) is 13.9. The summed E-state index contributed by atoms with van der Waals surface area (Å²) in [7, 11) is 0. The van der Waals surface area contributed by atoms with Crippen molar-refractivity contribution in [1.29, 1.82) is 0 Å². The summed E-state index contributed by atoms with van der Waals surface area (Å²) >= 11 is 0. The second-order valence-electron chi connectivity index (χ2n) is 5.06. The van der Waals surface area contributed by atoms with E-state index in [0.29, 0.717) is 12.6 Å². The van der Waals surface area contributed by atoms with Crippen molar-refractivity contribution in [3.05, 3.63) is 35.6 Å². The Balaban J connectivity index is 2.55. The van der Waals surface area contributed by atoms with Gasteiger partial charge >= 0.3 is 0 Å². The first-order valence-corrected chi connectivity index (χ1v) is 5.38. The van der Waals surface area contributed by atoms with E-state index >= 15 is 0 Å². The van der Waals surface area contributed by atoms with Crippen molar-refractivity contribution >= 4 is 0 Å². The quantitative estimate of drug-likeness (QED) is 0.805. The fourth-order valence-corrected chi connectivity index (χ4v) is 1.21. The molecule has 0 saturated heterocycles. The Kier molecular flexibility index (Phi) is 3.86. The molecule has 1 aromatic rings. The highest BCUT2D eigenvalue weighted by Crippen LogP contribution is 2.19. The molecule has 0 aliphatic heterocycles. The molecule has 1 nitrogen and oxygen atoms in total. The van der Waals surface area contributed by atoms with E-state index in [0.717, 1.165) is 5.56 Å². The molecule has 0 amide bonds. The van der Waals surface area contributed by atoms with E-state index in [4.69, 9.17) is 0 Å². The molecule has 2 heteroatoms. The van der Waals surface area contributed by atoms with Crippen LogP contribution in [0, 0.1) is 11.2 Å². The van der Waals surface area contributed by atoms with Crippen molar-refractivity contribution in [2.75, 3.05) is 0 Å². The van der Waals surface area contributed by atoms with E-state index in [1.165, 1.54) is 6.07 Å². The summed E-state index contributed by atoms with van der Waals surface area (Å²) in [5.41, 5.74) is 0.930. The largest absolute Gasteiger partial charge is 0.310 e. The van der Waals surface area contributed by atoms with Gasteiger partial charge in [0, 0.05) is 18.2 Å². The Morgan fingerprint density at radius 1 is 1.27 bits per heavy atom. The zero-order valence-electron chi connectivity index (χ0n) is 9.97. The van der Waals surface area contributed by atoms with Gasteiger partial charge in [0.05, 0.1) is 0 Å². The third-order valence-corrected chi connectivity index (χ3v) is 2.86. The van der Waals surface area contributed by atoms with E-state index < -0.39 is 0 Å². The van der Waals surface area contributed by atoms with Gasteiger partial charge in [-0.25, -0.2) is 4.39 Å². The maximum Gasteiger partial charge on any atom is 0.127 e. The van der Waals surface area contributed by atoms with E-state index in [1.54, 1.807) is 6.07 Å². The summed E-state index contributed by atoms with van der Waals surface area (Å²) in [5, 5.41) is 3.34. The highest BCUT2D eigenvalue weighted by molar-refractivity contribution is 5.17. The van der Waals surface area contributed by atoms with Gasteiger partial charge in [-0.15, -0.1) is 0 Å². The topological polar surface area (TPSA) is 12.0 Å². The van der Waals surface area contributed by atoms with Crippen LogP contribution in [0.15, 0.2) is 24.3 Å². The predicted molar refractivity (Wildman–Crippen MR) is 62.2 cm³/mol. The van der Waals surface area contributed by atoms with Gasteiger partial charge in [0.2, 0.25) is 0 Å². The van der Waals surface area contributed by atoms with Gasteiger partial charge in [0.25, 0.3) is 0 Å². The standard InChI is InChI=1S/C13H20FN/c1-10(13(2,3)4)15-9-11-7-5-6-8-12(11)14/h5-8,10,15H,9H2,1-4H3. The smallest absolute Gasteiger partial charge is 0.127 e. The molecular formula is C13H20FN. The minimum atomic E-state index is -0.133. The van der Waals surface area contributed by atoms with Crippen LogP contribution in [-0.2, 0) is 6.54 Å². The molecule has 0 bridgehead atoms. The average molecular weight is 209 g/mol. The van der Waals surface area contributed by atoms with Crippen molar-refractivity contribution in [2.45, 2.75) is 40.3 Å². The first-order chi connectivity index (χ1) is 6.91. The molecule has 0 aliphatic rings.